The van der Waals surface area contributed by atoms with Crippen molar-refractivity contribution < 1.29 is 0 Å². The van der Waals surface area contributed by atoms with Crippen LogP contribution in [0.5, 0.6) is 0 Å². The lowest BCUT2D eigenvalue weighted by molar-refractivity contribution is 0.176. The van der Waals surface area contributed by atoms with Crippen LogP contribution < -0.4 is 5.73 Å². The van der Waals surface area contributed by atoms with Crippen molar-refractivity contribution in [3.63, 3.8) is 0 Å². The highest BCUT2D eigenvalue weighted by Gasteiger charge is 2.17. The molecule has 3 heteroatoms. The van der Waals surface area contributed by atoms with Crippen molar-refractivity contribution in [3.05, 3.63) is 0 Å². The fourth-order valence-corrected chi connectivity index (χ4v) is 2.30. The fourth-order valence-electron chi connectivity index (χ4n) is 2.30. The van der Waals surface area contributed by atoms with Crippen molar-refractivity contribution in [2.45, 2.75) is 59.5 Å². The zero-order valence-corrected chi connectivity index (χ0v) is 12.6. The van der Waals surface area contributed by atoms with E-state index in [0.29, 0.717) is 12.1 Å². The van der Waals surface area contributed by atoms with Crippen LogP contribution in [0, 0.1) is 0 Å². The summed E-state index contributed by atoms with van der Waals surface area (Å²) in [6.07, 6.45) is 2.31. The van der Waals surface area contributed by atoms with E-state index < -0.39 is 0 Å². The second kappa shape index (κ2) is 9.86. The summed E-state index contributed by atoms with van der Waals surface area (Å²) in [5.41, 5.74) is 6.12. The molecule has 0 aromatic heterocycles. The van der Waals surface area contributed by atoms with Crippen molar-refractivity contribution in [1.82, 2.24) is 9.80 Å². The normalized spacial score (nSPS) is 15.5. The number of nitrogens with zero attached hydrogens (tertiary/aromatic N) is 2. The molecule has 17 heavy (non-hydrogen) atoms. The molecule has 0 aliphatic carbocycles. The van der Waals surface area contributed by atoms with E-state index in [9.17, 15) is 0 Å². The van der Waals surface area contributed by atoms with E-state index in [1.165, 1.54) is 19.5 Å². The number of nitrogens with two attached hydrogens (primary N) is 1. The molecular weight excluding hydrogens is 210 g/mol. The van der Waals surface area contributed by atoms with Gasteiger partial charge in [0.1, 0.15) is 0 Å². The highest BCUT2D eigenvalue weighted by Crippen LogP contribution is 2.06. The van der Waals surface area contributed by atoms with E-state index in [1.54, 1.807) is 0 Å². The Morgan fingerprint density at radius 3 is 1.94 bits per heavy atom. The SMILES string of the molecule is CCC(N)C(C)N(CC)CCCN(CC)CC. The summed E-state index contributed by atoms with van der Waals surface area (Å²) < 4.78 is 0. The topological polar surface area (TPSA) is 32.5 Å². The second-order valence-electron chi connectivity index (χ2n) is 4.82. The summed E-state index contributed by atoms with van der Waals surface area (Å²) in [6.45, 7) is 16.9. The predicted octanol–water partition coefficient (Wildman–Crippen LogP) is 2.17. The predicted molar refractivity (Wildman–Crippen MR) is 77.4 cm³/mol. The van der Waals surface area contributed by atoms with E-state index in [0.717, 1.165) is 26.1 Å². The quantitative estimate of drug-likeness (QED) is 0.638. The minimum Gasteiger partial charge on any atom is -0.326 e. The van der Waals surface area contributed by atoms with Gasteiger partial charge < -0.3 is 10.6 Å². The standard InChI is InChI=1S/C14H33N3/c1-6-14(15)13(5)17(9-4)12-10-11-16(7-2)8-3/h13-14H,6-12,15H2,1-5H3. The molecule has 0 aliphatic heterocycles. The van der Waals surface area contributed by atoms with Gasteiger partial charge >= 0.3 is 0 Å². The van der Waals surface area contributed by atoms with Crippen molar-refractivity contribution in [2.24, 2.45) is 5.73 Å². The zero-order valence-electron chi connectivity index (χ0n) is 12.6. The molecular formula is C14H33N3. The fraction of sp³-hybridized carbons (Fsp3) is 1.00. The summed E-state index contributed by atoms with van der Waals surface area (Å²) in [7, 11) is 0. The van der Waals surface area contributed by atoms with Gasteiger partial charge in [-0.15, -0.1) is 0 Å². The number of hydrogen-bond donors (Lipinski definition) is 1. The van der Waals surface area contributed by atoms with E-state index in [2.05, 4.69) is 44.4 Å². The molecule has 0 fully saturated rings. The highest BCUT2D eigenvalue weighted by molar-refractivity contribution is 4.76. The molecule has 0 saturated heterocycles. The molecule has 0 radical (unpaired) electrons. The van der Waals surface area contributed by atoms with Crippen LogP contribution >= 0.6 is 0 Å². The Labute approximate surface area is 108 Å². The zero-order chi connectivity index (χ0) is 13.3. The lowest BCUT2D eigenvalue weighted by Gasteiger charge is -2.32. The van der Waals surface area contributed by atoms with Gasteiger partial charge in [-0.1, -0.05) is 27.7 Å². The Hall–Kier alpha value is -0.120. The molecule has 2 N–H and O–H groups in total. The van der Waals surface area contributed by atoms with Gasteiger partial charge in [0.2, 0.25) is 0 Å². The van der Waals surface area contributed by atoms with Crippen LogP contribution in [0.3, 0.4) is 0 Å². The Bertz CT molecular complexity index is 169. The molecule has 0 amide bonds. The molecule has 0 rings (SSSR count). The van der Waals surface area contributed by atoms with Crippen LogP contribution in [-0.4, -0.2) is 54.6 Å². The van der Waals surface area contributed by atoms with Gasteiger partial charge in [-0.25, -0.2) is 0 Å². The Morgan fingerprint density at radius 1 is 0.941 bits per heavy atom. The van der Waals surface area contributed by atoms with Crippen LogP contribution in [0.25, 0.3) is 0 Å². The molecule has 0 heterocycles. The van der Waals surface area contributed by atoms with Crippen LogP contribution in [0.1, 0.15) is 47.5 Å². The molecule has 3 nitrogen and oxygen atoms in total. The summed E-state index contributed by atoms with van der Waals surface area (Å²) in [6, 6.07) is 0.810. The van der Waals surface area contributed by atoms with E-state index in [4.69, 9.17) is 5.73 Å². The molecule has 0 spiro atoms. The smallest absolute Gasteiger partial charge is 0.0218 e. The maximum atomic E-state index is 6.12. The molecule has 2 unspecified atom stereocenters. The van der Waals surface area contributed by atoms with Gasteiger partial charge in [-0.3, -0.25) is 4.90 Å². The first-order valence-electron chi connectivity index (χ1n) is 7.32. The first-order valence-corrected chi connectivity index (χ1v) is 7.32. The largest absolute Gasteiger partial charge is 0.326 e. The van der Waals surface area contributed by atoms with Crippen molar-refractivity contribution in [2.75, 3.05) is 32.7 Å². The average molecular weight is 243 g/mol. The van der Waals surface area contributed by atoms with E-state index in [-0.39, 0.29) is 0 Å². The van der Waals surface area contributed by atoms with Gasteiger partial charge in [0.25, 0.3) is 0 Å². The second-order valence-corrected chi connectivity index (χ2v) is 4.82. The molecule has 0 bridgehead atoms. The minimum atomic E-state index is 0.309. The maximum Gasteiger partial charge on any atom is 0.0218 e. The first-order chi connectivity index (χ1) is 8.10. The van der Waals surface area contributed by atoms with Crippen molar-refractivity contribution >= 4 is 0 Å². The third kappa shape index (κ3) is 6.39. The van der Waals surface area contributed by atoms with Crippen molar-refractivity contribution in [1.29, 1.82) is 0 Å². The average Bonchev–Trinajstić information content (AvgIpc) is 2.37. The van der Waals surface area contributed by atoms with Gasteiger partial charge in [0.15, 0.2) is 0 Å². The number of likely N-dealkylation sites (N-methyl/N-ethyl adjacent to an activating group) is 1. The molecule has 0 aromatic rings. The van der Waals surface area contributed by atoms with Crippen LogP contribution in [-0.2, 0) is 0 Å². The summed E-state index contributed by atoms with van der Waals surface area (Å²) in [4.78, 5) is 5.00. The highest BCUT2D eigenvalue weighted by atomic mass is 15.2. The maximum absolute atomic E-state index is 6.12. The summed E-state index contributed by atoms with van der Waals surface area (Å²) in [5.74, 6) is 0. The third-order valence-corrected chi connectivity index (χ3v) is 3.89. The van der Waals surface area contributed by atoms with Crippen LogP contribution in [0.4, 0.5) is 0 Å². The first kappa shape index (κ1) is 16.9. The van der Waals surface area contributed by atoms with Gasteiger partial charge in [0, 0.05) is 12.1 Å². The molecule has 104 valence electrons. The Morgan fingerprint density at radius 2 is 1.53 bits per heavy atom. The van der Waals surface area contributed by atoms with Gasteiger partial charge in [-0.2, -0.15) is 0 Å². The van der Waals surface area contributed by atoms with E-state index in [1.807, 2.05) is 0 Å². The summed E-state index contributed by atoms with van der Waals surface area (Å²) >= 11 is 0. The van der Waals surface area contributed by atoms with E-state index >= 15 is 0 Å². The monoisotopic (exact) mass is 243 g/mol. The van der Waals surface area contributed by atoms with Crippen LogP contribution in [0.2, 0.25) is 0 Å². The Balaban J connectivity index is 3.97. The molecule has 0 aromatic carbocycles. The minimum absolute atomic E-state index is 0.309. The molecule has 0 aliphatic rings. The number of rotatable bonds is 10. The van der Waals surface area contributed by atoms with Crippen molar-refractivity contribution in [3.8, 4) is 0 Å². The van der Waals surface area contributed by atoms with Gasteiger partial charge in [0.05, 0.1) is 0 Å². The molecule has 0 saturated carbocycles. The van der Waals surface area contributed by atoms with Gasteiger partial charge in [-0.05, 0) is 52.5 Å². The number of hydrogen-bond acceptors (Lipinski definition) is 3. The van der Waals surface area contributed by atoms with Crippen LogP contribution in [0.15, 0.2) is 0 Å². The summed E-state index contributed by atoms with van der Waals surface area (Å²) in [5, 5.41) is 0. The Kier molecular flexibility index (Phi) is 9.79. The lowest BCUT2D eigenvalue weighted by Crippen LogP contribution is -2.46. The third-order valence-electron chi connectivity index (χ3n) is 3.89. The molecule has 2 atom stereocenters. The lowest BCUT2D eigenvalue weighted by atomic mass is 10.1.